The van der Waals surface area contributed by atoms with Crippen LogP contribution in [0.4, 0.5) is 22.0 Å². The average molecular weight is 369 g/mol. The van der Waals surface area contributed by atoms with Crippen molar-refractivity contribution in [2.24, 2.45) is 0 Å². The van der Waals surface area contributed by atoms with E-state index in [2.05, 4.69) is 4.74 Å². The molecule has 0 radical (unpaired) electrons. The molecule has 0 heterocycles. The molecule has 1 rings (SSSR count). The van der Waals surface area contributed by atoms with Gasteiger partial charge in [0.05, 0.1) is 5.41 Å². The van der Waals surface area contributed by atoms with Crippen LogP contribution in [0.15, 0.2) is 24.3 Å². The number of aliphatic carboxylic acids is 1. The summed E-state index contributed by atoms with van der Waals surface area (Å²) in [6.07, 6.45) is -8.85. The maximum absolute atomic E-state index is 12.4. The Labute approximate surface area is 139 Å². The number of carboxylic acid groups (broad SMARTS) is 1. The molecule has 0 saturated carbocycles. The van der Waals surface area contributed by atoms with Crippen LogP contribution in [-0.2, 0) is 15.0 Å². The third kappa shape index (κ3) is 6.20. The fourth-order valence-electron chi connectivity index (χ4n) is 1.94. The molecule has 0 bridgehead atoms. The predicted octanol–water partition coefficient (Wildman–Crippen LogP) is 3.09. The number of ether oxygens (including phenoxy) is 1. The Hall–Kier alpha value is -2.39. The Balaban J connectivity index is 2.91. The second kappa shape index (κ2) is 7.66. The summed E-state index contributed by atoms with van der Waals surface area (Å²) >= 11 is 0. The first-order valence-corrected chi connectivity index (χ1v) is 7.01. The normalized spacial score (nSPS) is 13.4. The van der Waals surface area contributed by atoms with Gasteiger partial charge in [-0.25, -0.2) is 13.6 Å². The van der Waals surface area contributed by atoms with Crippen molar-refractivity contribution in [3.05, 3.63) is 29.8 Å². The Morgan fingerprint density at radius 2 is 1.68 bits per heavy atom. The zero-order valence-corrected chi connectivity index (χ0v) is 13.2. The molecule has 1 aromatic rings. The number of carbonyl (C=O) groups excluding carboxylic acids is 1. The van der Waals surface area contributed by atoms with Gasteiger partial charge in [-0.05, 0) is 31.5 Å². The molecule has 0 aliphatic heterocycles. The van der Waals surface area contributed by atoms with Gasteiger partial charge in [0, 0.05) is 6.42 Å². The molecule has 10 heteroatoms. The first kappa shape index (κ1) is 20.7. The van der Waals surface area contributed by atoms with Crippen molar-refractivity contribution in [2.45, 2.75) is 44.5 Å². The van der Waals surface area contributed by atoms with E-state index in [4.69, 9.17) is 5.11 Å². The Kier molecular flexibility index (Phi) is 6.33. The van der Waals surface area contributed by atoms with Crippen LogP contribution < -0.4 is 10.1 Å². The van der Waals surface area contributed by atoms with Crippen molar-refractivity contribution in [1.82, 2.24) is 5.32 Å². The van der Waals surface area contributed by atoms with E-state index in [1.54, 1.807) is 0 Å². The number of hydrogen-bond acceptors (Lipinski definition) is 3. The highest BCUT2D eigenvalue weighted by Gasteiger charge is 2.35. The van der Waals surface area contributed by atoms with Crippen LogP contribution in [0.5, 0.6) is 5.75 Å². The van der Waals surface area contributed by atoms with Gasteiger partial charge in [0.2, 0.25) is 12.3 Å². The second-order valence-electron chi connectivity index (χ2n) is 5.69. The van der Waals surface area contributed by atoms with Gasteiger partial charge >= 0.3 is 12.3 Å². The molecule has 1 atom stereocenters. The van der Waals surface area contributed by atoms with Crippen molar-refractivity contribution >= 4 is 11.9 Å². The lowest BCUT2D eigenvalue weighted by Gasteiger charge is -2.26. The van der Waals surface area contributed by atoms with Gasteiger partial charge in [-0.2, -0.15) is 0 Å². The molecule has 0 aliphatic carbocycles. The lowest BCUT2D eigenvalue weighted by molar-refractivity contribution is -0.274. The fraction of sp³-hybridized carbons (Fsp3) is 0.467. The third-order valence-electron chi connectivity index (χ3n) is 3.39. The zero-order valence-electron chi connectivity index (χ0n) is 13.2. The highest BCUT2D eigenvalue weighted by Crippen LogP contribution is 2.28. The van der Waals surface area contributed by atoms with E-state index < -0.39 is 48.3 Å². The first-order valence-electron chi connectivity index (χ1n) is 7.01. The fourth-order valence-corrected chi connectivity index (χ4v) is 1.94. The van der Waals surface area contributed by atoms with E-state index in [0.29, 0.717) is 0 Å². The molecule has 5 nitrogen and oxygen atoms in total. The molecule has 1 amide bonds. The smallest absolute Gasteiger partial charge is 0.480 e. The number of halogens is 5. The van der Waals surface area contributed by atoms with E-state index in [-0.39, 0.29) is 5.56 Å². The minimum Gasteiger partial charge on any atom is -0.480 e. The van der Waals surface area contributed by atoms with Crippen LogP contribution in [0.1, 0.15) is 25.8 Å². The summed E-state index contributed by atoms with van der Waals surface area (Å²) in [5.41, 5.74) is -1.12. The molecule has 1 unspecified atom stereocenters. The quantitative estimate of drug-likeness (QED) is 0.725. The summed E-state index contributed by atoms with van der Waals surface area (Å²) in [7, 11) is 0. The summed E-state index contributed by atoms with van der Waals surface area (Å²) in [5.74, 6) is -2.96. The molecule has 0 saturated heterocycles. The van der Waals surface area contributed by atoms with Gasteiger partial charge in [0.15, 0.2) is 0 Å². The largest absolute Gasteiger partial charge is 0.573 e. The third-order valence-corrected chi connectivity index (χ3v) is 3.39. The van der Waals surface area contributed by atoms with Gasteiger partial charge in [0.1, 0.15) is 11.8 Å². The van der Waals surface area contributed by atoms with Crippen molar-refractivity contribution in [2.75, 3.05) is 0 Å². The molecule has 1 aromatic carbocycles. The number of hydrogen-bond donors (Lipinski definition) is 2. The molecule has 25 heavy (non-hydrogen) atoms. The van der Waals surface area contributed by atoms with Crippen LogP contribution >= 0.6 is 0 Å². The predicted molar refractivity (Wildman–Crippen MR) is 76.3 cm³/mol. The van der Waals surface area contributed by atoms with Crippen LogP contribution in [0.2, 0.25) is 0 Å². The number of carboxylic acids is 1. The van der Waals surface area contributed by atoms with E-state index in [1.807, 2.05) is 5.32 Å². The van der Waals surface area contributed by atoms with E-state index in [1.165, 1.54) is 26.0 Å². The van der Waals surface area contributed by atoms with Crippen LogP contribution in [-0.4, -0.2) is 35.8 Å². The average Bonchev–Trinajstić information content (AvgIpc) is 2.44. The number of amides is 1. The number of nitrogens with one attached hydrogen (secondary N) is 1. The SMILES string of the molecule is CC(C)(C(=O)NC(CC(F)F)C(=O)O)c1ccc(OC(F)(F)F)cc1. The lowest BCUT2D eigenvalue weighted by Crippen LogP contribution is -2.49. The summed E-state index contributed by atoms with van der Waals surface area (Å²) in [4.78, 5) is 23.2. The summed E-state index contributed by atoms with van der Waals surface area (Å²) in [5, 5.41) is 10.9. The van der Waals surface area contributed by atoms with Crippen LogP contribution in [0.25, 0.3) is 0 Å². The first-order chi connectivity index (χ1) is 11.3. The standard InChI is InChI=1S/C15H16F5NO4/c1-14(2,13(24)21-10(12(22)23)7-11(16)17)8-3-5-9(6-4-8)25-15(18,19)20/h3-6,10-11H,7H2,1-2H3,(H,21,24)(H,22,23). The molecule has 0 spiro atoms. The van der Waals surface area contributed by atoms with E-state index >= 15 is 0 Å². The number of alkyl halides is 5. The maximum Gasteiger partial charge on any atom is 0.573 e. The van der Waals surface area contributed by atoms with Crippen molar-refractivity contribution in [3.8, 4) is 5.75 Å². The lowest BCUT2D eigenvalue weighted by atomic mass is 9.83. The van der Waals surface area contributed by atoms with E-state index in [9.17, 15) is 31.5 Å². The van der Waals surface area contributed by atoms with E-state index in [0.717, 1.165) is 12.1 Å². The number of carbonyl (C=O) groups is 2. The van der Waals surface area contributed by atoms with Crippen LogP contribution in [0.3, 0.4) is 0 Å². The minimum atomic E-state index is -4.86. The maximum atomic E-state index is 12.4. The van der Waals surface area contributed by atoms with Gasteiger partial charge in [-0.1, -0.05) is 12.1 Å². The van der Waals surface area contributed by atoms with Crippen molar-refractivity contribution in [1.29, 1.82) is 0 Å². The Morgan fingerprint density at radius 3 is 2.08 bits per heavy atom. The van der Waals surface area contributed by atoms with Crippen LogP contribution in [0, 0.1) is 0 Å². The molecular weight excluding hydrogens is 353 g/mol. The molecule has 0 aromatic heterocycles. The Bertz CT molecular complexity index is 613. The zero-order chi connectivity index (χ0) is 19.4. The van der Waals surface area contributed by atoms with Crippen molar-refractivity contribution < 1.29 is 41.4 Å². The molecule has 140 valence electrons. The molecule has 2 N–H and O–H groups in total. The second-order valence-corrected chi connectivity index (χ2v) is 5.69. The minimum absolute atomic E-state index is 0.251. The monoisotopic (exact) mass is 369 g/mol. The van der Waals surface area contributed by atoms with Gasteiger partial charge in [0.25, 0.3) is 0 Å². The molecular formula is C15H16F5NO4. The summed E-state index contributed by atoms with van der Waals surface area (Å²) in [6.45, 7) is 2.76. The summed E-state index contributed by atoms with van der Waals surface area (Å²) in [6, 6.07) is 2.60. The van der Waals surface area contributed by atoms with Crippen molar-refractivity contribution in [3.63, 3.8) is 0 Å². The molecule has 0 fully saturated rings. The summed E-state index contributed by atoms with van der Waals surface area (Å²) < 4.78 is 64.8. The number of rotatable bonds is 7. The number of benzene rings is 1. The highest BCUT2D eigenvalue weighted by atomic mass is 19.4. The Morgan fingerprint density at radius 1 is 1.16 bits per heavy atom. The van der Waals surface area contributed by atoms with Gasteiger partial charge < -0.3 is 15.2 Å². The molecule has 0 aliphatic rings. The topological polar surface area (TPSA) is 75.6 Å². The van der Waals surface area contributed by atoms with Gasteiger partial charge in [-0.15, -0.1) is 13.2 Å². The highest BCUT2D eigenvalue weighted by molar-refractivity contribution is 5.90. The van der Waals surface area contributed by atoms with Gasteiger partial charge in [-0.3, -0.25) is 4.79 Å².